The lowest BCUT2D eigenvalue weighted by Crippen LogP contribution is -2.42. The number of amides is 2. The largest absolute Gasteiger partial charge is 0.345 e. The van der Waals surface area contributed by atoms with Crippen LogP contribution in [0.2, 0.25) is 5.02 Å². The van der Waals surface area contributed by atoms with Gasteiger partial charge in [-0.1, -0.05) is 30.9 Å². The Labute approximate surface area is 135 Å². The van der Waals surface area contributed by atoms with Crippen molar-refractivity contribution in [2.45, 2.75) is 51.5 Å². The summed E-state index contributed by atoms with van der Waals surface area (Å²) in [6, 6.07) is 2.72. The highest BCUT2D eigenvalue weighted by molar-refractivity contribution is 6.33. The first kappa shape index (κ1) is 16.7. The minimum atomic E-state index is -0.617. The van der Waals surface area contributed by atoms with Crippen molar-refractivity contribution in [3.63, 3.8) is 0 Å². The monoisotopic (exact) mass is 323 g/mol. The highest BCUT2D eigenvalue weighted by atomic mass is 35.5. The maximum Gasteiger partial charge on any atom is 0.247 e. The molecule has 1 aromatic heterocycles. The molecule has 1 atom stereocenters. The SMILES string of the molecule is C[C@H](NC(=O)CC1CCCCC1)C(=O)Nc1ncccc1Cl. The van der Waals surface area contributed by atoms with Gasteiger partial charge in [-0.05, 0) is 37.8 Å². The first-order valence-electron chi connectivity index (χ1n) is 7.77. The zero-order valence-corrected chi connectivity index (χ0v) is 13.5. The van der Waals surface area contributed by atoms with Gasteiger partial charge in [-0.15, -0.1) is 0 Å². The Morgan fingerprint density at radius 1 is 1.36 bits per heavy atom. The van der Waals surface area contributed by atoms with Crippen LogP contribution in [0.5, 0.6) is 0 Å². The number of pyridine rings is 1. The molecule has 0 unspecified atom stereocenters. The molecule has 120 valence electrons. The van der Waals surface area contributed by atoms with Gasteiger partial charge in [0.25, 0.3) is 0 Å². The first-order chi connectivity index (χ1) is 10.6. The van der Waals surface area contributed by atoms with E-state index in [0.29, 0.717) is 23.2 Å². The standard InChI is InChI=1S/C16H22ClN3O2/c1-11(16(22)20-15-13(17)8-5-9-18-15)19-14(21)10-12-6-3-2-4-7-12/h5,8-9,11-12H,2-4,6-7,10H2,1H3,(H,19,21)(H,18,20,22)/t11-/m0/s1. The summed E-state index contributed by atoms with van der Waals surface area (Å²) in [7, 11) is 0. The molecule has 0 spiro atoms. The number of carbonyl (C=O) groups excluding carboxylic acids is 2. The molecule has 0 aliphatic heterocycles. The fraction of sp³-hybridized carbons (Fsp3) is 0.562. The van der Waals surface area contributed by atoms with E-state index < -0.39 is 6.04 Å². The lowest BCUT2D eigenvalue weighted by molar-refractivity contribution is -0.127. The van der Waals surface area contributed by atoms with Crippen LogP contribution in [0, 0.1) is 5.92 Å². The molecule has 1 aromatic rings. The molecule has 0 bridgehead atoms. The fourth-order valence-corrected chi connectivity index (χ4v) is 2.89. The molecule has 2 amide bonds. The van der Waals surface area contributed by atoms with E-state index in [4.69, 9.17) is 11.6 Å². The molecular weight excluding hydrogens is 302 g/mol. The van der Waals surface area contributed by atoms with E-state index in [2.05, 4.69) is 15.6 Å². The summed E-state index contributed by atoms with van der Waals surface area (Å²) in [5.74, 6) is 0.371. The average Bonchev–Trinajstić information content (AvgIpc) is 2.50. The van der Waals surface area contributed by atoms with Crippen molar-refractivity contribution in [3.8, 4) is 0 Å². The van der Waals surface area contributed by atoms with Crippen LogP contribution < -0.4 is 10.6 Å². The maximum absolute atomic E-state index is 12.1. The topological polar surface area (TPSA) is 71.1 Å². The predicted molar refractivity (Wildman–Crippen MR) is 86.7 cm³/mol. The second-order valence-corrected chi connectivity index (χ2v) is 6.23. The molecule has 0 radical (unpaired) electrons. The van der Waals surface area contributed by atoms with Crippen LogP contribution in [-0.2, 0) is 9.59 Å². The second kappa shape index (κ2) is 8.13. The summed E-state index contributed by atoms with van der Waals surface area (Å²) < 4.78 is 0. The van der Waals surface area contributed by atoms with E-state index in [-0.39, 0.29) is 11.8 Å². The molecule has 6 heteroatoms. The minimum Gasteiger partial charge on any atom is -0.345 e. The van der Waals surface area contributed by atoms with Crippen molar-refractivity contribution < 1.29 is 9.59 Å². The number of hydrogen-bond acceptors (Lipinski definition) is 3. The summed E-state index contributed by atoms with van der Waals surface area (Å²) in [6.07, 6.45) is 7.94. The lowest BCUT2D eigenvalue weighted by Gasteiger charge is -2.22. The Balaban J connectivity index is 1.80. The van der Waals surface area contributed by atoms with Gasteiger partial charge < -0.3 is 10.6 Å². The third kappa shape index (κ3) is 4.98. The Bertz CT molecular complexity index is 530. The van der Waals surface area contributed by atoms with Gasteiger partial charge in [0, 0.05) is 12.6 Å². The van der Waals surface area contributed by atoms with Gasteiger partial charge in [0.1, 0.15) is 6.04 Å². The number of nitrogens with one attached hydrogen (secondary N) is 2. The molecule has 1 heterocycles. The summed E-state index contributed by atoms with van der Waals surface area (Å²) in [5.41, 5.74) is 0. The smallest absolute Gasteiger partial charge is 0.247 e. The Hall–Kier alpha value is -1.62. The molecule has 0 saturated heterocycles. The van der Waals surface area contributed by atoms with Gasteiger partial charge >= 0.3 is 0 Å². The van der Waals surface area contributed by atoms with Crippen molar-refractivity contribution in [1.82, 2.24) is 10.3 Å². The number of aromatic nitrogens is 1. The normalized spacial score (nSPS) is 16.8. The Kier molecular flexibility index (Phi) is 6.19. The molecule has 2 rings (SSSR count). The second-order valence-electron chi connectivity index (χ2n) is 5.82. The quantitative estimate of drug-likeness (QED) is 0.874. The molecule has 5 nitrogen and oxygen atoms in total. The molecule has 0 aromatic carbocycles. The van der Waals surface area contributed by atoms with Crippen LogP contribution >= 0.6 is 11.6 Å². The summed E-state index contributed by atoms with van der Waals surface area (Å²) >= 11 is 5.94. The summed E-state index contributed by atoms with van der Waals surface area (Å²) in [5, 5.41) is 5.74. The molecule has 1 aliphatic rings. The van der Waals surface area contributed by atoms with Gasteiger partial charge in [0.05, 0.1) is 5.02 Å². The van der Waals surface area contributed by atoms with Crippen molar-refractivity contribution in [2.75, 3.05) is 5.32 Å². The van der Waals surface area contributed by atoms with Crippen LogP contribution in [0.3, 0.4) is 0 Å². The summed E-state index contributed by atoms with van der Waals surface area (Å²) in [6.45, 7) is 1.66. The van der Waals surface area contributed by atoms with Gasteiger partial charge in [0.2, 0.25) is 11.8 Å². The molecule has 1 aliphatic carbocycles. The van der Waals surface area contributed by atoms with Gasteiger partial charge in [-0.3, -0.25) is 9.59 Å². The van der Waals surface area contributed by atoms with E-state index in [0.717, 1.165) is 12.8 Å². The Morgan fingerprint density at radius 3 is 2.77 bits per heavy atom. The first-order valence-corrected chi connectivity index (χ1v) is 8.15. The van der Waals surface area contributed by atoms with Gasteiger partial charge in [-0.25, -0.2) is 4.98 Å². The molecule has 2 N–H and O–H groups in total. The third-order valence-corrected chi connectivity index (χ3v) is 4.27. The van der Waals surface area contributed by atoms with Gasteiger partial charge in [0.15, 0.2) is 5.82 Å². The molecular formula is C16H22ClN3O2. The van der Waals surface area contributed by atoms with Crippen LogP contribution in [0.1, 0.15) is 45.4 Å². The number of rotatable bonds is 5. The molecule has 1 saturated carbocycles. The third-order valence-electron chi connectivity index (χ3n) is 3.97. The van der Waals surface area contributed by atoms with E-state index in [1.165, 1.54) is 19.3 Å². The van der Waals surface area contributed by atoms with E-state index in [1.54, 1.807) is 25.3 Å². The number of halogens is 1. The number of carbonyl (C=O) groups is 2. The fourth-order valence-electron chi connectivity index (χ4n) is 2.72. The van der Waals surface area contributed by atoms with Gasteiger partial charge in [-0.2, -0.15) is 0 Å². The lowest BCUT2D eigenvalue weighted by atomic mass is 9.87. The minimum absolute atomic E-state index is 0.0679. The van der Waals surface area contributed by atoms with E-state index >= 15 is 0 Å². The number of anilines is 1. The summed E-state index contributed by atoms with van der Waals surface area (Å²) in [4.78, 5) is 28.1. The average molecular weight is 324 g/mol. The Morgan fingerprint density at radius 2 is 2.09 bits per heavy atom. The number of hydrogen-bond donors (Lipinski definition) is 2. The van der Waals surface area contributed by atoms with Crippen LogP contribution in [-0.4, -0.2) is 22.8 Å². The van der Waals surface area contributed by atoms with Crippen LogP contribution in [0.4, 0.5) is 5.82 Å². The number of nitrogens with zero attached hydrogens (tertiary/aromatic N) is 1. The highest BCUT2D eigenvalue weighted by Gasteiger charge is 2.21. The van der Waals surface area contributed by atoms with Crippen LogP contribution in [0.25, 0.3) is 0 Å². The predicted octanol–water partition coefficient (Wildman–Crippen LogP) is 3.15. The van der Waals surface area contributed by atoms with Crippen molar-refractivity contribution in [1.29, 1.82) is 0 Å². The van der Waals surface area contributed by atoms with E-state index in [9.17, 15) is 9.59 Å². The van der Waals surface area contributed by atoms with Crippen LogP contribution in [0.15, 0.2) is 18.3 Å². The molecule has 22 heavy (non-hydrogen) atoms. The zero-order valence-electron chi connectivity index (χ0n) is 12.8. The van der Waals surface area contributed by atoms with Crippen molar-refractivity contribution in [2.24, 2.45) is 5.92 Å². The molecule has 1 fully saturated rings. The zero-order chi connectivity index (χ0) is 15.9. The highest BCUT2D eigenvalue weighted by Crippen LogP contribution is 2.26. The van der Waals surface area contributed by atoms with Crippen molar-refractivity contribution in [3.05, 3.63) is 23.4 Å². The maximum atomic E-state index is 12.1. The van der Waals surface area contributed by atoms with E-state index in [1.807, 2.05) is 0 Å². The van der Waals surface area contributed by atoms with Crippen molar-refractivity contribution >= 4 is 29.2 Å².